The summed E-state index contributed by atoms with van der Waals surface area (Å²) in [6, 6.07) is 1.59. The number of hydrogen-bond acceptors (Lipinski definition) is 2. The molecule has 1 aromatic rings. The van der Waals surface area contributed by atoms with Gasteiger partial charge in [0.15, 0.2) is 0 Å². The van der Waals surface area contributed by atoms with Gasteiger partial charge in [0.05, 0.1) is 5.69 Å². The zero-order valence-corrected chi connectivity index (χ0v) is 3.68. The Morgan fingerprint density at radius 2 is 2.43 bits per heavy atom. The lowest BCUT2D eigenvalue weighted by atomic mass is 10.5. The molecule has 4 N–H and O–H groups in total. The third-order valence-corrected chi connectivity index (χ3v) is 0.756. The monoisotopic (exact) mass is 98.0 g/mol. The molecule has 0 aliphatic carbocycles. The molecule has 3 heteroatoms. The fourth-order valence-electron chi connectivity index (χ4n) is 0.373. The first kappa shape index (κ1) is 4.05. The van der Waals surface area contributed by atoms with E-state index in [9.17, 15) is 0 Å². The number of aromatic hydroxyl groups is 1. The Kier molecular flexibility index (Phi) is 0.685. The molecule has 0 saturated carbocycles. The third kappa shape index (κ3) is 0.513. The zero-order valence-electron chi connectivity index (χ0n) is 3.68. The lowest BCUT2D eigenvalue weighted by Gasteiger charge is -1.81. The quantitative estimate of drug-likeness (QED) is 0.437. The van der Waals surface area contributed by atoms with Crippen molar-refractivity contribution in [2.45, 2.75) is 0 Å². The van der Waals surface area contributed by atoms with Crippen molar-refractivity contribution in [3.05, 3.63) is 12.3 Å². The molecule has 0 aliphatic rings. The van der Waals surface area contributed by atoms with E-state index < -0.39 is 0 Å². The van der Waals surface area contributed by atoms with E-state index in [0.29, 0.717) is 5.69 Å². The summed E-state index contributed by atoms with van der Waals surface area (Å²) in [6.07, 6.45) is 1.57. The molecular weight excluding hydrogens is 92.1 g/mol. The normalized spacial score (nSPS) is 9.14. The number of nitrogen functional groups attached to an aromatic ring is 1. The van der Waals surface area contributed by atoms with Gasteiger partial charge in [-0.1, -0.05) is 0 Å². The summed E-state index contributed by atoms with van der Waals surface area (Å²) in [7, 11) is 0. The SMILES string of the molecule is Nc1cc[nH]c1O. The molecular formula is C4H6N2O. The molecule has 3 nitrogen and oxygen atoms in total. The minimum Gasteiger partial charge on any atom is -0.493 e. The Morgan fingerprint density at radius 1 is 1.71 bits per heavy atom. The third-order valence-electron chi connectivity index (χ3n) is 0.756. The first-order chi connectivity index (χ1) is 3.30. The first-order valence-electron chi connectivity index (χ1n) is 1.92. The predicted octanol–water partition coefficient (Wildman–Crippen LogP) is 0.303. The summed E-state index contributed by atoms with van der Waals surface area (Å²) in [6.45, 7) is 0. The van der Waals surface area contributed by atoms with Crippen LogP contribution in [-0.4, -0.2) is 10.1 Å². The molecule has 0 radical (unpaired) electrons. The van der Waals surface area contributed by atoms with Gasteiger partial charge in [-0.05, 0) is 6.07 Å². The Balaban J connectivity index is 3.12. The van der Waals surface area contributed by atoms with Crippen LogP contribution in [0.15, 0.2) is 12.3 Å². The maximum Gasteiger partial charge on any atom is 0.212 e. The molecule has 0 amide bonds. The number of aromatic amines is 1. The van der Waals surface area contributed by atoms with Gasteiger partial charge in [0, 0.05) is 6.20 Å². The second kappa shape index (κ2) is 1.18. The van der Waals surface area contributed by atoms with Crippen molar-refractivity contribution >= 4 is 5.69 Å². The van der Waals surface area contributed by atoms with Crippen LogP contribution in [0.4, 0.5) is 5.69 Å². The fraction of sp³-hybridized carbons (Fsp3) is 0. The maximum atomic E-state index is 8.58. The molecule has 0 spiro atoms. The molecule has 0 saturated heterocycles. The number of aromatic nitrogens is 1. The fourth-order valence-corrected chi connectivity index (χ4v) is 0.373. The van der Waals surface area contributed by atoms with Gasteiger partial charge < -0.3 is 15.8 Å². The molecule has 38 valence electrons. The Hall–Kier alpha value is -1.12. The van der Waals surface area contributed by atoms with Crippen molar-refractivity contribution in [1.29, 1.82) is 0 Å². The highest BCUT2D eigenvalue weighted by Gasteiger charge is 1.90. The molecule has 1 aromatic heterocycles. The Labute approximate surface area is 40.8 Å². The molecule has 7 heavy (non-hydrogen) atoms. The van der Waals surface area contributed by atoms with Crippen molar-refractivity contribution in [3.8, 4) is 5.88 Å². The topological polar surface area (TPSA) is 62.0 Å². The summed E-state index contributed by atoms with van der Waals surface area (Å²) in [4.78, 5) is 2.50. The minimum atomic E-state index is 0.0417. The largest absolute Gasteiger partial charge is 0.493 e. The van der Waals surface area contributed by atoms with E-state index in [4.69, 9.17) is 10.8 Å². The van der Waals surface area contributed by atoms with Crippen LogP contribution in [-0.2, 0) is 0 Å². The molecule has 0 fully saturated rings. The zero-order chi connectivity index (χ0) is 5.28. The summed E-state index contributed by atoms with van der Waals surface area (Å²) < 4.78 is 0. The summed E-state index contributed by atoms with van der Waals surface area (Å²) in [5, 5.41) is 8.58. The smallest absolute Gasteiger partial charge is 0.212 e. The number of nitrogens with one attached hydrogen (secondary N) is 1. The van der Waals surface area contributed by atoms with Crippen molar-refractivity contribution < 1.29 is 5.11 Å². The summed E-state index contributed by atoms with van der Waals surface area (Å²) in [5.74, 6) is 0.0417. The van der Waals surface area contributed by atoms with Crippen molar-refractivity contribution in [2.24, 2.45) is 0 Å². The van der Waals surface area contributed by atoms with Gasteiger partial charge in [-0.3, -0.25) is 0 Å². The molecule has 0 bridgehead atoms. The minimum absolute atomic E-state index is 0.0417. The average molecular weight is 98.1 g/mol. The van der Waals surface area contributed by atoms with E-state index in [-0.39, 0.29) is 5.88 Å². The van der Waals surface area contributed by atoms with Gasteiger partial charge in [0.1, 0.15) is 0 Å². The lowest BCUT2D eigenvalue weighted by Crippen LogP contribution is -1.78. The molecule has 0 aliphatic heterocycles. The van der Waals surface area contributed by atoms with Crippen LogP contribution >= 0.6 is 0 Å². The molecule has 0 atom stereocenters. The van der Waals surface area contributed by atoms with E-state index in [0.717, 1.165) is 0 Å². The Morgan fingerprint density at radius 3 is 2.57 bits per heavy atom. The van der Waals surface area contributed by atoms with Crippen LogP contribution in [0, 0.1) is 0 Å². The molecule has 1 rings (SSSR count). The van der Waals surface area contributed by atoms with Gasteiger partial charge in [0.25, 0.3) is 0 Å². The van der Waals surface area contributed by atoms with Gasteiger partial charge in [-0.15, -0.1) is 0 Å². The molecule has 0 aromatic carbocycles. The van der Waals surface area contributed by atoms with Crippen molar-refractivity contribution in [3.63, 3.8) is 0 Å². The van der Waals surface area contributed by atoms with E-state index in [2.05, 4.69) is 4.98 Å². The number of hydrogen-bond donors (Lipinski definition) is 3. The first-order valence-corrected chi connectivity index (χ1v) is 1.92. The van der Waals surface area contributed by atoms with Crippen LogP contribution in [0.25, 0.3) is 0 Å². The van der Waals surface area contributed by atoms with Crippen LogP contribution in [0.3, 0.4) is 0 Å². The van der Waals surface area contributed by atoms with Gasteiger partial charge in [0.2, 0.25) is 5.88 Å². The van der Waals surface area contributed by atoms with E-state index >= 15 is 0 Å². The second-order valence-electron chi connectivity index (χ2n) is 1.28. The maximum absolute atomic E-state index is 8.58. The van der Waals surface area contributed by atoms with Gasteiger partial charge >= 0.3 is 0 Å². The van der Waals surface area contributed by atoms with Crippen LogP contribution in [0.5, 0.6) is 5.88 Å². The van der Waals surface area contributed by atoms with Crippen LogP contribution in [0.1, 0.15) is 0 Å². The number of anilines is 1. The van der Waals surface area contributed by atoms with Crippen molar-refractivity contribution in [1.82, 2.24) is 4.98 Å². The number of nitrogens with two attached hydrogens (primary N) is 1. The van der Waals surface area contributed by atoms with E-state index in [1.165, 1.54) is 0 Å². The van der Waals surface area contributed by atoms with Gasteiger partial charge in [-0.25, -0.2) is 0 Å². The molecule has 1 heterocycles. The summed E-state index contributed by atoms with van der Waals surface area (Å²) in [5.41, 5.74) is 5.55. The standard InChI is InChI=1S/C4H6N2O/c5-3-1-2-6-4(3)7/h1-2,6-7H,5H2. The Bertz CT molecular complexity index is 142. The highest BCUT2D eigenvalue weighted by Crippen LogP contribution is 2.13. The van der Waals surface area contributed by atoms with Gasteiger partial charge in [-0.2, -0.15) is 0 Å². The number of rotatable bonds is 0. The highest BCUT2D eigenvalue weighted by atomic mass is 16.3. The lowest BCUT2D eigenvalue weighted by molar-refractivity contribution is 0.459. The van der Waals surface area contributed by atoms with Crippen LogP contribution < -0.4 is 5.73 Å². The average Bonchev–Trinajstić information content (AvgIpc) is 1.91. The molecule has 0 unspecified atom stereocenters. The summed E-state index contributed by atoms with van der Waals surface area (Å²) >= 11 is 0. The van der Waals surface area contributed by atoms with Crippen LogP contribution in [0.2, 0.25) is 0 Å². The predicted molar refractivity (Wildman–Crippen MR) is 26.9 cm³/mol. The van der Waals surface area contributed by atoms with Crippen molar-refractivity contribution in [2.75, 3.05) is 5.73 Å². The number of H-pyrrole nitrogens is 1. The highest BCUT2D eigenvalue weighted by molar-refractivity contribution is 5.46. The van der Waals surface area contributed by atoms with E-state index in [1.54, 1.807) is 12.3 Å². The second-order valence-corrected chi connectivity index (χ2v) is 1.28. The van der Waals surface area contributed by atoms with E-state index in [1.807, 2.05) is 0 Å².